The molecule has 1 amide bonds. The second kappa shape index (κ2) is 9.48. The molecule has 1 aliphatic heterocycles. The molecule has 1 aromatic carbocycles. The molecule has 0 saturated carbocycles. The number of halogens is 3. The van der Waals surface area contributed by atoms with E-state index < -0.39 is 0 Å². The third-order valence-electron chi connectivity index (χ3n) is 4.17. The molecule has 1 atom stereocenters. The predicted octanol–water partition coefficient (Wildman–Crippen LogP) is 3.65. The van der Waals surface area contributed by atoms with E-state index in [0.29, 0.717) is 29.3 Å². The number of piperidine rings is 1. The summed E-state index contributed by atoms with van der Waals surface area (Å²) in [5.41, 5.74) is 0.776. The summed E-state index contributed by atoms with van der Waals surface area (Å²) in [5.74, 6) is 0.769. The smallest absolute Gasteiger partial charge is 0.220 e. The summed E-state index contributed by atoms with van der Waals surface area (Å²) in [4.78, 5) is 12.0. The number of hydrogen-bond donors (Lipinski definition) is 2. The molecule has 124 valence electrons. The first-order chi connectivity index (χ1) is 10.1. The van der Waals surface area contributed by atoms with Crippen molar-refractivity contribution in [1.29, 1.82) is 0 Å². The van der Waals surface area contributed by atoms with E-state index >= 15 is 0 Å². The van der Waals surface area contributed by atoms with Gasteiger partial charge in [-0.2, -0.15) is 0 Å². The standard InChI is InChI=1S/C16H22BrFN2O.ClH/c1-11(13-4-6-19-7-5-13)8-16(21)20-10-12-2-3-14(17)15(18)9-12;/h2-3,9,11,13,19H,4-8,10H2,1H3,(H,20,21);1H. The zero-order valence-corrected chi connectivity index (χ0v) is 15.1. The molecule has 3 nitrogen and oxygen atoms in total. The van der Waals surface area contributed by atoms with Crippen LogP contribution in [-0.2, 0) is 11.3 Å². The van der Waals surface area contributed by atoms with Gasteiger partial charge in [0.25, 0.3) is 0 Å². The molecule has 1 aliphatic rings. The van der Waals surface area contributed by atoms with E-state index in [2.05, 4.69) is 33.5 Å². The molecule has 0 aliphatic carbocycles. The molecule has 6 heteroatoms. The highest BCUT2D eigenvalue weighted by atomic mass is 79.9. The highest BCUT2D eigenvalue weighted by molar-refractivity contribution is 9.10. The maximum Gasteiger partial charge on any atom is 0.220 e. The molecule has 0 bridgehead atoms. The average Bonchev–Trinajstić information content (AvgIpc) is 2.49. The summed E-state index contributed by atoms with van der Waals surface area (Å²) in [6.07, 6.45) is 2.84. The van der Waals surface area contributed by atoms with Gasteiger partial charge in [-0.25, -0.2) is 4.39 Å². The summed E-state index contributed by atoms with van der Waals surface area (Å²) in [5, 5.41) is 6.22. The van der Waals surface area contributed by atoms with Gasteiger partial charge in [0, 0.05) is 13.0 Å². The van der Waals surface area contributed by atoms with Crippen LogP contribution in [0.5, 0.6) is 0 Å². The summed E-state index contributed by atoms with van der Waals surface area (Å²) in [7, 11) is 0. The Labute approximate surface area is 146 Å². The van der Waals surface area contributed by atoms with Gasteiger partial charge in [-0.3, -0.25) is 4.79 Å². The SMILES string of the molecule is CC(CC(=O)NCc1ccc(Br)c(F)c1)C1CCNCC1.Cl. The molecule has 1 heterocycles. The zero-order valence-electron chi connectivity index (χ0n) is 12.7. The van der Waals surface area contributed by atoms with E-state index in [1.165, 1.54) is 6.07 Å². The van der Waals surface area contributed by atoms with Gasteiger partial charge in [0.1, 0.15) is 5.82 Å². The number of nitrogens with one attached hydrogen (secondary N) is 2. The highest BCUT2D eigenvalue weighted by Gasteiger charge is 2.21. The number of rotatable bonds is 5. The van der Waals surface area contributed by atoms with Crippen molar-refractivity contribution in [2.24, 2.45) is 11.8 Å². The third-order valence-corrected chi connectivity index (χ3v) is 4.81. The highest BCUT2D eigenvalue weighted by Crippen LogP contribution is 2.24. The quantitative estimate of drug-likeness (QED) is 0.802. The molecular weight excluding hydrogens is 371 g/mol. The van der Waals surface area contributed by atoms with E-state index in [0.717, 1.165) is 31.5 Å². The molecule has 0 spiro atoms. The largest absolute Gasteiger partial charge is 0.352 e. The van der Waals surface area contributed by atoms with Crippen molar-refractivity contribution in [2.75, 3.05) is 13.1 Å². The predicted molar refractivity (Wildman–Crippen MR) is 92.6 cm³/mol. The van der Waals surface area contributed by atoms with Gasteiger partial charge in [-0.1, -0.05) is 13.0 Å². The average molecular weight is 394 g/mol. The lowest BCUT2D eigenvalue weighted by Gasteiger charge is -2.27. The molecule has 2 rings (SSSR count). The summed E-state index contributed by atoms with van der Waals surface area (Å²) in [6, 6.07) is 4.92. The Hall–Kier alpha value is -0.650. The van der Waals surface area contributed by atoms with Crippen LogP contribution in [0.25, 0.3) is 0 Å². The summed E-state index contributed by atoms with van der Waals surface area (Å²) >= 11 is 3.12. The lowest BCUT2D eigenvalue weighted by molar-refractivity contribution is -0.122. The normalized spacial score (nSPS) is 16.7. The van der Waals surface area contributed by atoms with Gasteiger partial charge < -0.3 is 10.6 Å². The maximum atomic E-state index is 13.4. The minimum absolute atomic E-state index is 0. The van der Waals surface area contributed by atoms with Crippen LogP contribution in [0, 0.1) is 17.7 Å². The van der Waals surface area contributed by atoms with Gasteiger partial charge >= 0.3 is 0 Å². The third kappa shape index (κ3) is 5.86. The van der Waals surface area contributed by atoms with Crippen molar-refractivity contribution < 1.29 is 9.18 Å². The summed E-state index contributed by atoms with van der Waals surface area (Å²) in [6.45, 7) is 4.63. The van der Waals surface area contributed by atoms with E-state index in [-0.39, 0.29) is 24.1 Å². The number of amides is 1. The van der Waals surface area contributed by atoms with Crippen molar-refractivity contribution in [3.8, 4) is 0 Å². The van der Waals surface area contributed by atoms with Gasteiger partial charge in [0.15, 0.2) is 0 Å². The number of carbonyl (C=O) groups is 1. The van der Waals surface area contributed by atoms with Crippen LogP contribution in [0.4, 0.5) is 4.39 Å². The first-order valence-electron chi connectivity index (χ1n) is 7.47. The van der Waals surface area contributed by atoms with Crippen LogP contribution >= 0.6 is 28.3 Å². The monoisotopic (exact) mass is 392 g/mol. The van der Waals surface area contributed by atoms with Crippen LogP contribution < -0.4 is 10.6 Å². The minimum Gasteiger partial charge on any atom is -0.352 e. The number of carbonyl (C=O) groups excluding carboxylic acids is 1. The molecule has 22 heavy (non-hydrogen) atoms. The topological polar surface area (TPSA) is 41.1 Å². The first kappa shape index (κ1) is 19.4. The van der Waals surface area contributed by atoms with Crippen molar-refractivity contribution in [3.63, 3.8) is 0 Å². The molecule has 0 aromatic heterocycles. The minimum atomic E-state index is -0.301. The zero-order chi connectivity index (χ0) is 15.2. The lowest BCUT2D eigenvalue weighted by atomic mass is 9.84. The Balaban J connectivity index is 0.00000242. The van der Waals surface area contributed by atoms with E-state index in [1.807, 2.05) is 6.07 Å². The van der Waals surface area contributed by atoms with Gasteiger partial charge in [0.2, 0.25) is 5.91 Å². The second-order valence-electron chi connectivity index (χ2n) is 5.79. The first-order valence-corrected chi connectivity index (χ1v) is 8.27. The molecule has 1 unspecified atom stereocenters. The van der Waals surface area contributed by atoms with Gasteiger partial charge in [0.05, 0.1) is 4.47 Å². The molecule has 1 fully saturated rings. The van der Waals surface area contributed by atoms with Gasteiger partial charge in [-0.15, -0.1) is 12.4 Å². The molecule has 2 N–H and O–H groups in total. The number of benzene rings is 1. The van der Waals surface area contributed by atoms with Crippen molar-refractivity contribution in [1.82, 2.24) is 10.6 Å². The molecule has 0 radical (unpaired) electrons. The van der Waals surface area contributed by atoms with E-state index in [1.54, 1.807) is 6.07 Å². The molecule has 1 aromatic rings. The maximum absolute atomic E-state index is 13.4. The van der Waals surface area contributed by atoms with Crippen LogP contribution in [0.3, 0.4) is 0 Å². The molecular formula is C16H23BrClFN2O. The lowest BCUT2D eigenvalue weighted by Crippen LogP contribution is -2.33. The van der Waals surface area contributed by atoms with Gasteiger partial charge in [-0.05, 0) is 71.4 Å². The van der Waals surface area contributed by atoms with Crippen LogP contribution in [0.15, 0.2) is 22.7 Å². The Morgan fingerprint density at radius 3 is 2.77 bits per heavy atom. The Bertz CT molecular complexity index is 495. The van der Waals surface area contributed by atoms with Crippen LogP contribution in [0.2, 0.25) is 0 Å². The van der Waals surface area contributed by atoms with Crippen molar-refractivity contribution in [2.45, 2.75) is 32.7 Å². The second-order valence-corrected chi connectivity index (χ2v) is 6.65. The van der Waals surface area contributed by atoms with Crippen LogP contribution in [-0.4, -0.2) is 19.0 Å². The van der Waals surface area contributed by atoms with Crippen LogP contribution in [0.1, 0.15) is 31.7 Å². The molecule has 1 saturated heterocycles. The van der Waals surface area contributed by atoms with E-state index in [4.69, 9.17) is 0 Å². The van der Waals surface area contributed by atoms with Crippen molar-refractivity contribution in [3.05, 3.63) is 34.1 Å². The Morgan fingerprint density at radius 2 is 2.14 bits per heavy atom. The number of hydrogen-bond acceptors (Lipinski definition) is 2. The fourth-order valence-corrected chi connectivity index (χ4v) is 3.04. The van der Waals surface area contributed by atoms with Crippen molar-refractivity contribution >= 4 is 34.2 Å². The fourth-order valence-electron chi connectivity index (χ4n) is 2.79. The Kier molecular flexibility index (Phi) is 8.36. The Morgan fingerprint density at radius 1 is 1.45 bits per heavy atom. The fraction of sp³-hybridized carbons (Fsp3) is 0.562. The summed E-state index contributed by atoms with van der Waals surface area (Å²) < 4.78 is 13.8. The van der Waals surface area contributed by atoms with E-state index in [9.17, 15) is 9.18 Å².